The maximum atomic E-state index is 13.0. The third kappa shape index (κ3) is 4.00. The van der Waals surface area contributed by atoms with Crippen LogP contribution in [0.3, 0.4) is 0 Å². The van der Waals surface area contributed by atoms with Crippen molar-refractivity contribution >= 4 is 11.9 Å². The number of ether oxygens (including phenoxy) is 2. The van der Waals surface area contributed by atoms with Gasteiger partial charge in [-0.3, -0.25) is 4.79 Å². The van der Waals surface area contributed by atoms with E-state index in [4.69, 9.17) is 9.47 Å². The fourth-order valence-corrected chi connectivity index (χ4v) is 3.74. The van der Waals surface area contributed by atoms with Gasteiger partial charge in [0.15, 0.2) is 5.79 Å². The molecule has 1 amide bonds. The van der Waals surface area contributed by atoms with Crippen LogP contribution in [-0.4, -0.2) is 52.9 Å². The summed E-state index contributed by atoms with van der Waals surface area (Å²) >= 11 is 0. The summed E-state index contributed by atoms with van der Waals surface area (Å²) in [6.07, 6.45) is 1.39. The molecule has 2 aliphatic rings. The van der Waals surface area contributed by atoms with E-state index >= 15 is 0 Å². The summed E-state index contributed by atoms with van der Waals surface area (Å²) in [5.41, 5.74) is 3.57. The molecule has 4 rings (SSSR count). The lowest BCUT2D eigenvalue weighted by molar-refractivity contribution is -0.181. The summed E-state index contributed by atoms with van der Waals surface area (Å²) in [7, 11) is 0. The van der Waals surface area contributed by atoms with E-state index in [1.165, 1.54) is 11.1 Å². The van der Waals surface area contributed by atoms with Crippen molar-refractivity contribution in [3.05, 3.63) is 52.8 Å². The number of benzene rings is 1. The van der Waals surface area contributed by atoms with E-state index in [9.17, 15) is 4.79 Å². The van der Waals surface area contributed by atoms with E-state index < -0.39 is 5.79 Å². The molecule has 1 aromatic carbocycles. The van der Waals surface area contributed by atoms with Gasteiger partial charge in [0.05, 0.1) is 13.2 Å². The first kappa shape index (κ1) is 18.8. The number of carbonyl (C=O) groups is 1. The summed E-state index contributed by atoms with van der Waals surface area (Å²) in [4.78, 5) is 23.7. The number of nitrogens with zero attached hydrogens (tertiary/aromatic N) is 3. The molecule has 0 bridgehead atoms. The lowest BCUT2D eigenvalue weighted by Crippen LogP contribution is -2.47. The van der Waals surface area contributed by atoms with Crippen molar-refractivity contribution in [1.82, 2.24) is 14.9 Å². The summed E-state index contributed by atoms with van der Waals surface area (Å²) in [5, 5.41) is 3.25. The molecule has 148 valence electrons. The van der Waals surface area contributed by atoms with Gasteiger partial charge in [-0.15, -0.1) is 0 Å². The van der Waals surface area contributed by atoms with E-state index in [1.807, 2.05) is 24.0 Å². The third-order valence-corrected chi connectivity index (χ3v) is 5.40. The quantitative estimate of drug-likeness (QED) is 0.876. The third-order valence-electron chi connectivity index (χ3n) is 5.40. The van der Waals surface area contributed by atoms with E-state index in [0.717, 1.165) is 5.69 Å². The lowest BCUT2D eigenvalue weighted by Gasteiger charge is -2.37. The van der Waals surface area contributed by atoms with Crippen molar-refractivity contribution in [3.63, 3.8) is 0 Å². The van der Waals surface area contributed by atoms with Gasteiger partial charge in [0.1, 0.15) is 5.69 Å². The second-order valence-electron chi connectivity index (χ2n) is 7.40. The number of hydrogen-bond acceptors (Lipinski definition) is 6. The topological polar surface area (TPSA) is 76.6 Å². The van der Waals surface area contributed by atoms with Gasteiger partial charge >= 0.3 is 0 Å². The molecule has 1 spiro atoms. The second kappa shape index (κ2) is 7.85. The molecule has 2 saturated heterocycles. The van der Waals surface area contributed by atoms with Crippen LogP contribution in [0.4, 0.5) is 5.95 Å². The number of amides is 1. The Kier molecular flexibility index (Phi) is 5.28. The number of likely N-dealkylation sites (tertiary alicyclic amines) is 1. The standard InChI is InChI=1S/C21H26N4O3/c1-15-5-3-4-6-17(15)14-22-20-23-16(2)13-18(24-20)19(26)25-9-7-21(8-10-25)27-11-12-28-21/h3-6,13H,7-12,14H2,1-2H3,(H,22,23,24). The number of piperidine rings is 1. The number of carbonyl (C=O) groups excluding carboxylic acids is 1. The predicted octanol–water partition coefficient (Wildman–Crippen LogP) is 2.68. The Morgan fingerprint density at radius 3 is 2.57 bits per heavy atom. The van der Waals surface area contributed by atoms with Gasteiger partial charge in [-0.1, -0.05) is 24.3 Å². The molecular weight excluding hydrogens is 356 g/mol. The normalized spacial score (nSPS) is 18.4. The van der Waals surface area contributed by atoms with Crippen LogP contribution >= 0.6 is 0 Å². The molecule has 2 aliphatic heterocycles. The molecule has 2 aromatic rings. The fraction of sp³-hybridized carbons (Fsp3) is 0.476. The van der Waals surface area contributed by atoms with Crippen molar-refractivity contribution in [2.75, 3.05) is 31.6 Å². The molecule has 2 fully saturated rings. The molecule has 7 heteroatoms. The van der Waals surface area contributed by atoms with E-state index in [-0.39, 0.29) is 5.91 Å². The molecule has 3 heterocycles. The van der Waals surface area contributed by atoms with Gasteiger partial charge in [0.2, 0.25) is 5.95 Å². The van der Waals surface area contributed by atoms with Crippen LogP contribution < -0.4 is 5.32 Å². The Morgan fingerprint density at radius 2 is 1.86 bits per heavy atom. The zero-order valence-electron chi connectivity index (χ0n) is 16.4. The van der Waals surface area contributed by atoms with Crippen LogP contribution in [0.25, 0.3) is 0 Å². The average Bonchev–Trinajstić information content (AvgIpc) is 3.15. The number of rotatable bonds is 4. The van der Waals surface area contributed by atoms with E-state index in [0.29, 0.717) is 57.3 Å². The first-order valence-electron chi connectivity index (χ1n) is 9.76. The smallest absolute Gasteiger partial charge is 0.272 e. The highest BCUT2D eigenvalue weighted by Crippen LogP contribution is 2.31. The van der Waals surface area contributed by atoms with Crippen LogP contribution in [0.15, 0.2) is 30.3 Å². The largest absolute Gasteiger partial charge is 0.350 e. The highest BCUT2D eigenvalue weighted by atomic mass is 16.7. The Bertz CT molecular complexity index is 854. The zero-order chi connectivity index (χ0) is 19.6. The molecule has 7 nitrogen and oxygen atoms in total. The molecule has 0 aliphatic carbocycles. The van der Waals surface area contributed by atoms with Crippen molar-refractivity contribution in [2.24, 2.45) is 0 Å². The first-order valence-corrected chi connectivity index (χ1v) is 9.76. The first-order chi connectivity index (χ1) is 13.5. The Labute approximate surface area is 165 Å². The molecule has 28 heavy (non-hydrogen) atoms. The average molecular weight is 382 g/mol. The summed E-state index contributed by atoms with van der Waals surface area (Å²) in [6, 6.07) is 9.92. The zero-order valence-corrected chi connectivity index (χ0v) is 16.4. The SMILES string of the molecule is Cc1cc(C(=O)N2CCC3(CC2)OCCO3)nc(NCc2ccccc2C)n1. The van der Waals surface area contributed by atoms with Gasteiger partial charge in [0.25, 0.3) is 5.91 Å². The molecule has 0 atom stereocenters. The lowest BCUT2D eigenvalue weighted by atomic mass is 10.0. The van der Waals surface area contributed by atoms with Gasteiger partial charge < -0.3 is 19.7 Å². The fourth-order valence-electron chi connectivity index (χ4n) is 3.74. The number of aryl methyl sites for hydroxylation is 2. The highest BCUT2D eigenvalue weighted by Gasteiger charge is 2.41. The summed E-state index contributed by atoms with van der Waals surface area (Å²) in [6.45, 7) is 7.04. The van der Waals surface area contributed by atoms with Crippen molar-refractivity contribution < 1.29 is 14.3 Å². The monoisotopic (exact) mass is 382 g/mol. The minimum atomic E-state index is -0.487. The Balaban J connectivity index is 1.43. The Hall–Kier alpha value is -2.51. The minimum Gasteiger partial charge on any atom is -0.350 e. The Morgan fingerprint density at radius 1 is 1.14 bits per heavy atom. The van der Waals surface area contributed by atoms with Crippen LogP contribution in [0, 0.1) is 13.8 Å². The van der Waals surface area contributed by atoms with Gasteiger partial charge in [-0.2, -0.15) is 0 Å². The van der Waals surface area contributed by atoms with Gasteiger partial charge in [0, 0.05) is 38.2 Å². The second-order valence-corrected chi connectivity index (χ2v) is 7.40. The number of anilines is 1. The van der Waals surface area contributed by atoms with E-state index in [1.54, 1.807) is 6.07 Å². The van der Waals surface area contributed by atoms with Gasteiger partial charge in [-0.05, 0) is 31.0 Å². The minimum absolute atomic E-state index is 0.0720. The summed E-state index contributed by atoms with van der Waals surface area (Å²) < 4.78 is 11.5. The van der Waals surface area contributed by atoms with Crippen molar-refractivity contribution in [3.8, 4) is 0 Å². The van der Waals surface area contributed by atoms with Crippen LogP contribution in [0.5, 0.6) is 0 Å². The molecule has 1 aromatic heterocycles. The molecule has 0 saturated carbocycles. The van der Waals surface area contributed by atoms with Crippen molar-refractivity contribution in [2.45, 2.75) is 39.0 Å². The van der Waals surface area contributed by atoms with Crippen LogP contribution in [0.1, 0.15) is 40.2 Å². The molecule has 0 radical (unpaired) electrons. The number of hydrogen-bond donors (Lipinski definition) is 1. The van der Waals surface area contributed by atoms with Crippen LogP contribution in [-0.2, 0) is 16.0 Å². The maximum absolute atomic E-state index is 13.0. The molecule has 1 N–H and O–H groups in total. The predicted molar refractivity (Wildman–Crippen MR) is 105 cm³/mol. The number of aromatic nitrogens is 2. The maximum Gasteiger partial charge on any atom is 0.272 e. The van der Waals surface area contributed by atoms with E-state index in [2.05, 4.69) is 34.3 Å². The molecular formula is C21H26N4O3. The highest BCUT2D eigenvalue weighted by molar-refractivity contribution is 5.92. The number of nitrogens with one attached hydrogen (secondary N) is 1. The van der Waals surface area contributed by atoms with Crippen molar-refractivity contribution in [1.29, 1.82) is 0 Å². The summed E-state index contributed by atoms with van der Waals surface area (Å²) in [5.74, 6) is -0.0849. The molecule has 0 unspecified atom stereocenters. The van der Waals surface area contributed by atoms with Gasteiger partial charge in [-0.25, -0.2) is 9.97 Å². The van der Waals surface area contributed by atoms with Crippen LogP contribution in [0.2, 0.25) is 0 Å².